The molecular formula is C16H25N3O. The summed E-state index contributed by atoms with van der Waals surface area (Å²) in [6.07, 6.45) is 2.12. The second-order valence-electron chi connectivity index (χ2n) is 5.98. The van der Waals surface area contributed by atoms with Crippen LogP contribution in [0.25, 0.3) is 0 Å². The molecule has 1 aromatic rings. The molecule has 4 heteroatoms. The number of nitrogens with zero attached hydrogens (tertiary/aromatic N) is 1. The third-order valence-corrected chi connectivity index (χ3v) is 4.06. The van der Waals surface area contributed by atoms with Crippen molar-refractivity contribution in [1.82, 2.24) is 5.32 Å². The molecule has 0 aliphatic carbocycles. The zero-order valence-electron chi connectivity index (χ0n) is 12.6. The maximum absolute atomic E-state index is 12.2. The van der Waals surface area contributed by atoms with Crippen molar-refractivity contribution >= 4 is 17.3 Å². The number of hydrogen-bond acceptors (Lipinski definition) is 3. The van der Waals surface area contributed by atoms with Crippen LogP contribution in [0.1, 0.15) is 32.8 Å². The molecule has 0 fully saturated rings. The molecule has 0 saturated carbocycles. The molecule has 1 unspecified atom stereocenters. The van der Waals surface area contributed by atoms with Crippen molar-refractivity contribution in [3.8, 4) is 0 Å². The third kappa shape index (κ3) is 3.24. The topological polar surface area (TPSA) is 58.4 Å². The minimum absolute atomic E-state index is 0.0716. The molecule has 1 aromatic carbocycles. The number of fused-ring (bicyclic) bond motifs is 1. The van der Waals surface area contributed by atoms with Gasteiger partial charge in [0.2, 0.25) is 5.91 Å². The summed E-state index contributed by atoms with van der Waals surface area (Å²) >= 11 is 0. The molecule has 1 atom stereocenters. The Balaban J connectivity index is 2.07. The number of nitrogen functional groups attached to an aromatic ring is 1. The number of nitrogens with two attached hydrogens (primary N) is 1. The summed E-state index contributed by atoms with van der Waals surface area (Å²) in [6, 6.07) is 6.19. The summed E-state index contributed by atoms with van der Waals surface area (Å²) < 4.78 is 0. The fraction of sp³-hybridized carbons (Fsp3) is 0.562. The smallest absolute Gasteiger partial charge is 0.239 e. The number of amides is 1. The van der Waals surface area contributed by atoms with Gasteiger partial charge in [0.05, 0.1) is 17.9 Å². The van der Waals surface area contributed by atoms with E-state index < -0.39 is 0 Å². The molecule has 4 nitrogen and oxygen atoms in total. The van der Waals surface area contributed by atoms with Crippen LogP contribution in [0.4, 0.5) is 11.4 Å². The number of carbonyl (C=O) groups is 1. The van der Waals surface area contributed by atoms with Gasteiger partial charge in [-0.15, -0.1) is 0 Å². The van der Waals surface area contributed by atoms with Gasteiger partial charge in [-0.2, -0.15) is 0 Å². The molecule has 0 spiro atoms. The van der Waals surface area contributed by atoms with Gasteiger partial charge in [0, 0.05) is 12.6 Å². The van der Waals surface area contributed by atoms with E-state index in [0.717, 1.165) is 30.8 Å². The van der Waals surface area contributed by atoms with Crippen LogP contribution in [0.3, 0.4) is 0 Å². The number of hydrogen-bond donors (Lipinski definition) is 2. The fourth-order valence-electron chi connectivity index (χ4n) is 2.57. The second kappa shape index (κ2) is 6.16. The average Bonchev–Trinajstić information content (AvgIpc) is 2.38. The molecule has 1 aliphatic rings. The Kier molecular flexibility index (Phi) is 4.53. The molecular weight excluding hydrogens is 250 g/mol. The maximum atomic E-state index is 12.2. The van der Waals surface area contributed by atoms with Crippen LogP contribution in [-0.2, 0) is 11.2 Å². The Morgan fingerprint density at radius 3 is 2.85 bits per heavy atom. The van der Waals surface area contributed by atoms with Crippen molar-refractivity contribution in [3.05, 3.63) is 23.8 Å². The number of carbonyl (C=O) groups excluding carboxylic acids is 1. The van der Waals surface area contributed by atoms with E-state index in [4.69, 9.17) is 5.73 Å². The normalized spacial score (nSPS) is 15.9. The lowest BCUT2D eigenvalue weighted by atomic mass is 10.0. The summed E-state index contributed by atoms with van der Waals surface area (Å²) in [4.78, 5) is 14.3. The van der Waals surface area contributed by atoms with Gasteiger partial charge in [0.25, 0.3) is 0 Å². The van der Waals surface area contributed by atoms with Gasteiger partial charge in [0.1, 0.15) is 0 Å². The Hall–Kier alpha value is -1.71. The summed E-state index contributed by atoms with van der Waals surface area (Å²) in [5.74, 6) is 0.514. The highest BCUT2D eigenvalue weighted by Crippen LogP contribution is 2.32. The molecule has 110 valence electrons. The third-order valence-electron chi connectivity index (χ3n) is 4.06. The molecule has 20 heavy (non-hydrogen) atoms. The van der Waals surface area contributed by atoms with Crippen molar-refractivity contribution < 1.29 is 4.79 Å². The predicted molar refractivity (Wildman–Crippen MR) is 83.8 cm³/mol. The Bertz CT molecular complexity index is 485. The SMILES string of the molecule is CC(C)C(C)NC(=O)CN1CCCc2cccc(N)c21. The van der Waals surface area contributed by atoms with E-state index in [2.05, 4.69) is 30.1 Å². The largest absolute Gasteiger partial charge is 0.397 e. The first-order valence-corrected chi connectivity index (χ1v) is 7.40. The van der Waals surface area contributed by atoms with Crippen LogP contribution >= 0.6 is 0 Å². The number of nitrogens with one attached hydrogen (secondary N) is 1. The lowest BCUT2D eigenvalue weighted by Gasteiger charge is -2.32. The minimum atomic E-state index is 0.0716. The van der Waals surface area contributed by atoms with Crippen LogP contribution in [0, 0.1) is 5.92 Å². The highest BCUT2D eigenvalue weighted by molar-refractivity contribution is 5.84. The summed E-state index contributed by atoms with van der Waals surface area (Å²) in [5, 5.41) is 3.06. The van der Waals surface area contributed by atoms with Gasteiger partial charge in [-0.3, -0.25) is 4.79 Å². The second-order valence-corrected chi connectivity index (χ2v) is 5.98. The Morgan fingerprint density at radius 1 is 1.40 bits per heavy atom. The standard InChI is InChI=1S/C16H25N3O/c1-11(2)12(3)18-15(20)10-19-9-5-7-13-6-4-8-14(17)16(13)19/h4,6,8,11-12H,5,7,9-10,17H2,1-3H3,(H,18,20). The van der Waals surface area contributed by atoms with Crippen molar-refractivity contribution in [2.75, 3.05) is 23.7 Å². The molecule has 2 rings (SSSR count). The van der Waals surface area contributed by atoms with E-state index in [0.29, 0.717) is 12.5 Å². The average molecular weight is 275 g/mol. The van der Waals surface area contributed by atoms with Gasteiger partial charge < -0.3 is 16.0 Å². The molecule has 0 saturated heterocycles. The maximum Gasteiger partial charge on any atom is 0.239 e. The molecule has 0 radical (unpaired) electrons. The van der Waals surface area contributed by atoms with Gasteiger partial charge in [-0.25, -0.2) is 0 Å². The van der Waals surface area contributed by atoms with Gasteiger partial charge in [-0.05, 0) is 37.3 Å². The van der Waals surface area contributed by atoms with Crippen molar-refractivity contribution in [3.63, 3.8) is 0 Å². The Labute approximate surface area is 121 Å². The van der Waals surface area contributed by atoms with Crippen molar-refractivity contribution in [2.24, 2.45) is 5.92 Å². The number of para-hydroxylation sites is 1. The predicted octanol–water partition coefficient (Wildman–Crippen LogP) is 2.18. The van der Waals surface area contributed by atoms with E-state index in [9.17, 15) is 4.79 Å². The van der Waals surface area contributed by atoms with Crippen LogP contribution in [-0.4, -0.2) is 25.0 Å². The number of anilines is 2. The minimum Gasteiger partial charge on any atom is -0.397 e. The van der Waals surface area contributed by atoms with Crippen LogP contribution in [0.2, 0.25) is 0 Å². The zero-order valence-corrected chi connectivity index (χ0v) is 12.6. The number of benzene rings is 1. The van der Waals surface area contributed by atoms with E-state index in [1.54, 1.807) is 0 Å². The summed E-state index contributed by atoms with van der Waals surface area (Å²) in [6.45, 7) is 7.54. The van der Waals surface area contributed by atoms with Crippen molar-refractivity contribution in [1.29, 1.82) is 0 Å². The highest BCUT2D eigenvalue weighted by atomic mass is 16.2. The Morgan fingerprint density at radius 2 is 2.15 bits per heavy atom. The molecule has 0 bridgehead atoms. The molecule has 1 aliphatic heterocycles. The number of aryl methyl sites for hydroxylation is 1. The fourth-order valence-corrected chi connectivity index (χ4v) is 2.57. The van der Waals surface area contributed by atoms with Gasteiger partial charge in [0.15, 0.2) is 0 Å². The van der Waals surface area contributed by atoms with Gasteiger partial charge >= 0.3 is 0 Å². The molecule has 0 aromatic heterocycles. The first-order chi connectivity index (χ1) is 9.49. The lowest BCUT2D eigenvalue weighted by molar-refractivity contribution is -0.120. The monoisotopic (exact) mass is 275 g/mol. The van der Waals surface area contributed by atoms with E-state index in [-0.39, 0.29) is 11.9 Å². The van der Waals surface area contributed by atoms with Crippen LogP contribution in [0.15, 0.2) is 18.2 Å². The molecule has 1 heterocycles. The zero-order chi connectivity index (χ0) is 14.7. The highest BCUT2D eigenvalue weighted by Gasteiger charge is 2.22. The first kappa shape index (κ1) is 14.7. The van der Waals surface area contributed by atoms with E-state index in [1.807, 2.05) is 19.1 Å². The lowest BCUT2D eigenvalue weighted by Crippen LogP contribution is -2.44. The van der Waals surface area contributed by atoms with Gasteiger partial charge in [-0.1, -0.05) is 26.0 Å². The quantitative estimate of drug-likeness (QED) is 0.828. The first-order valence-electron chi connectivity index (χ1n) is 7.40. The van der Waals surface area contributed by atoms with Crippen molar-refractivity contribution in [2.45, 2.75) is 39.7 Å². The number of rotatable bonds is 4. The summed E-state index contributed by atoms with van der Waals surface area (Å²) in [7, 11) is 0. The van der Waals surface area contributed by atoms with Crippen LogP contribution in [0.5, 0.6) is 0 Å². The van der Waals surface area contributed by atoms with E-state index >= 15 is 0 Å². The van der Waals surface area contributed by atoms with Crippen LogP contribution < -0.4 is 16.0 Å². The van der Waals surface area contributed by atoms with E-state index in [1.165, 1.54) is 5.56 Å². The molecule has 1 amide bonds. The summed E-state index contributed by atoms with van der Waals surface area (Å²) in [5.41, 5.74) is 9.15. The molecule has 3 N–H and O–H groups in total.